The molecule has 2 amide bonds. The number of nitrogens with one attached hydrogen (secondary N) is 1. The first-order chi connectivity index (χ1) is 14.9. The fourth-order valence-corrected chi connectivity index (χ4v) is 3.82. The molecule has 1 aliphatic heterocycles. The van der Waals surface area contributed by atoms with Gasteiger partial charge in [0.05, 0.1) is 13.2 Å². The third-order valence-corrected chi connectivity index (χ3v) is 5.60. The number of benzene rings is 2. The van der Waals surface area contributed by atoms with Crippen molar-refractivity contribution in [2.75, 3.05) is 11.5 Å². The smallest absolute Gasteiger partial charge is 0.254 e. The van der Waals surface area contributed by atoms with Gasteiger partial charge < -0.3 is 15.0 Å². The molecule has 0 saturated heterocycles. The molecule has 2 aromatic rings. The van der Waals surface area contributed by atoms with Crippen LogP contribution >= 0.6 is 0 Å². The Morgan fingerprint density at radius 3 is 2.48 bits per heavy atom. The highest BCUT2D eigenvalue weighted by atomic mass is 16.5. The van der Waals surface area contributed by atoms with Crippen LogP contribution in [-0.4, -0.2) is 18.4 Å². The molecule has 0 saturated carbocycles. The van der Waals surface area contributed by atoms with E-state index < -0.39 is 6.04 Å². The minimum absolute atomic E-state index is 0.0879. The molecule has 1 unspecified atom stereocenters. The van der Waals surface area contributed by atoms with Gasteiger partial charge in [0.2, 0.25) is 5.91 Å². The van der Waals surface area contributed by atoms with E-state index >= 15 is 0 Å². The first-order valence-electron chi connectivity index (χ1n) is 11.3. The van der Waals surface area contributed by atoms with Crippen LogP contribution in [0.4, 0.5) is 5.69 Å². The van der Waals surface area contributed by atoms with Crippen molar-refractivity contribution in [3.8, 4) is 5.75 Å². The number of carbonyl (C=O) groups is 2. The topological polar surface area (TPSA) is 58.6 Å². The molecule has 0 bridgehead atoms. The summed E-state index contributed by atoms with van der Waals surface area (Å²) < 4.78 is 5.80. The summed E-state index contributed by atoms with van der Waals surface area (Å²) >= 11 is 0. The summed E-state index contributed by atoms with van der Waals surface area (Å²) in [4.78, 5) is 26.7. The van der Waals surface area contributed by atoms with Crippen LogP contribution in [0.5, 0.6) is 5.75 Å². The normalized spacial score (nSPS) is 15.3. The zero-order valence-electron chi connectivity index (χ0n) is 19.1. The highest BCUT2D eigenvalue weighted by Crippen LogP contribution is 2.38. The van der Waals surface area contributed by atoms with Crippen molar-refractivity contribution < 1.29 is 14.3 Å². The summed E-state index contributed by atoms with van der Waals surface area (Å²) in [6, 6.07) is 13.5. The minimum atomic E-state index is -0.618. The first kappa shape index (κ1) is 22.9. The largest absolute Gasteiger partial charge is 0.494 e. The average molecular weight is 423 g/mol. The van der Waals surface area contributed by atoms with E-state index in [-0.39, 0.29) is 11.8 Å². The number of hydrogen-bond donors (Lipinski definition) is 1. The van der Waals surface area contributed by atoms with Crippen LogP contribution in [0.1, 0.15) is 69.7 Å². The van der Waals surface area contributed by atoms with Crippen LogP contribution in [0.3, 0.4) is 0 Å². The van der Waals surface area contributed by atoms with Crippen LogP contribution in [-0.2, 0) is 22.6 Å². The number of nitrogens with zero attached hydrogens (tertiary/aromatic N) is 1. The van der Waals surface area contributed by atoms with E-state index in [1.54, 1.807) is 4.90 Å². The highest BCUT2D eigenvalue weighted by Gasteiger charge is 2.37. The molecule has 1 aliphatic rings. The Morgan fingerprint density at radius 2 is 1.84 bits per heavy atom. The van der Waals surface area contributed by atoms with E-state index in [2.05, 4.69) is 38.2 Å². The van der Waals surface area contributed by atoms with Crippen molar-refractivity contribution in [1.82, 2.24) is 5.32 Å². The number of anilines is 1. The van der Waals surface area contributed by atoms with Gasteiger partial charge in [-0.05, 0) is 54.5 Å². The molecule has 31 heavy (non-hydrogen) atoms. The summed E-state index contributed by atoms with van der Waals surface area (Å²) in [7, 11) is 0. The molecule has 3 rings (SSSR count). The molecule has 5 nitrogen and oxygen atoms in total. The van der Waals surface area contributed by atoms with Crippen LogP contribution in [0, 0.1) is 5.92 Å². The maximum atomic E-state index is 13.2. The maximum Gasteiger partial charge on any atom is 0.254 e. The van der Waals surface area contributed by atoms with Crippen molar-refractivity contribution in [2.24, 2.45) is 5.92 Å². The van der Waals surface area contributed by atoms with Gasteiger partial charge in [-0.3, -0.25) is 9.59 Å². The zero-order valence-corrected chi connectivity index (χ0v) is 19.1. The monoisotopic (exact) mass is 422 g/mol. The molecular weight excluding hydrogens is 388 g/mol. The Balaban J connectivity index is 1.77. The Morgan fingerprint density at radius 1 is 1.13 bits per heavy atom. The van der Waals surface area contributed by atoms with E-state index in [0.29, 0.717) is 19.1 Å². The molecule has 0 spiro atoms. The third-order valence-electron chi connectivity index (χ3n) is 5.60. The van der Waals surface area contributed by atoms with Gasteiger partial charge in [0.1, 0.15) is 11.8 Å². The minimum Gasteiger partial charge on any atom is -0.494 e. The SMILES string of the molecule is CCCCc1ccc2c(c1)C(NC(C)=O)C(=O)N2Cc1ccc(OCCC(C)C)cc1. The second kappa shape index (κ2) is 10.5. The second-order valence-electron chi connectivity index (χ2n) is 8.73. The van der Waals surface area contributed by atoms with E-state index in [1.807, 2.05) is 30.3 Å². The molecule has 166 valence electrons. The fraction of sp³-hybridized carbons (Fsp3) is 0.462. The molecule has 2 aromatic carbocycles. The summed E-state index contributed by atoms with van der Waals surface area (Å²) in [5, 5.41) is 2.84. The predicted molar refractivity (Wildman–Crippen MR) is 124 cm³/mol. The summed E-state index contributed by atoms with van der Waals surface area (Å²) in [6.45, 7) is 9.14. The Kier molecular flexibility index (Phi) is 7.72. The van der Waals surface area contributed by atoms with Crippen LogP contribution in [0.2, 0.25) is 0 Å². The molecule has 0 radical (unpaired) electrons. The number of hydrogen-bond acceptors (Lipinski definition) is 3. The lowest BCUT2D eigenvalue weighted by Crippen LogP contribution is -2.36. The lowest BCUT2D eigenvalue weighted by molar-refractivity contribution is -0.126. The van der Waals surface area contributed by atoms with Crippen molar-refractivity contribution >= 4 is 17.5 Å². The lowest BCUT2D eigenvalue weighted by atomic mass is 10.0. The van der Waals surface area contributed by atoms with Gasteiger partial charge in [-0.15, -0.1) is 0 Å². The van der Waals surface area contributed by atoms with E-state index in [9.17, 15) is 9.59 Å². The van der Waals surface area contributed by atoms with E-state index in [0.717, 1.165) is 48.2 Å². The third kappa shape index (κ3) is 5.87. The molecule has 0 aromatic heterocycles. The van der Waals surface area contributed by atoms with Crippen molar-refractivity contribution in [3.05, 3.63) is 59.2 Å². The maximum absolute atomic E-state index is 13.2. The predicted octanol–water partition coefficient (Wildman–Crippen LogP) is 5.18. The number of carbonyl (C=O) groups excluding carboxylic acids is 2. The van der Waals surface area contributed by atoms with Gasteiger partial charge in [0.15, 0.2) is 0 Å². The van der Waals surface area contributed by atoms with Gasteiger partial charge in [0, 0.05) is 18.2 Å². The fourth-order valence-electron chi connectivity index (χ4n) is 3.82. The number of ether oxygens (including phenoxy) is 1. The lowest BCUT2D eigenvalue weighted by Gasteiger charge is -2.19. The first-order valence-corrected chi connectivity index (χ1v) is 11.3. The number of fused-ring (bicyclic) bond motifs is 1. The number of aryl methyl sites for hydroxylation is 1. The van der Waals surface area contributed by atoms with Crippen molar-refractivity contribution in [2.45, 2.75) is 66.0 Å². The summed E-state index contributed by atoms with van der Waals surface area (Å²) in [5.41, 5.74) is 3.99. The van der Waals surface area contributed by atoms with Gasteiger partial charge in [-0.2, -0.15) is 0 Å². The van der Waals surface area contributed by atoms with Gasteiger partial charge in [-0.1, -0.05) is 51.5 Å². The summed E-state index contributed by atoms with van der Waals surface area (Å²) in [5.74, 6) is 1.16. The van der Waals surface area contributed by atoms with Crippen LogP contribution in [0.25, 0.3) is 0 Å². The standard InChI is InChI=1S/C26H34N2O3/c1-5-6-7-20-10-13-24-23(16-20)25(27-19(4)29)26(30)28(24)17-21-8-11-22(12-9-21)31-15-14-18(2)3/h8-13,16,18,25H,5-7,14-15,17H2,1-4H3,(H,27,29). The van der Waals surface area contributed by atoms with Crippen LogP contribution < -0.4 is 15.0 Å². The molecule has 0 aliphatic carbocycles. The molecular formula is C26H34N2O3. The van der Waals surface area contributed by atoms with Gasteiger partial charge >= 0.3 is 0 Å². The van der Waals surface area contributed by atoms with Crippen LogP contribution in [0.15, 0.2) is 42.5 Å². The second-order valence-corrected chi connectivity index (χ2v) is 8.73. The average Bonchev–Trinajstić information content (AvgIpc) is 2.98. The Hall–Kier alpha value is -2.82. The van der Waals surface area contributed by atoms with Gasteiger partial charge in [0.25, 0.3) is 5.91 Å². The highest BCUT2D eigenvalue weighted by molar-refractivity contribution is 6.06. The molecule has 1 N–H and O–H groups in total. The molecule has 1 heterocycles. The number of unbranched alkanes of at least 4 members (excludes halogenated alkanes) is 1. The van der Waals surface area contributed by atoms with E-state index in [1.165, 1.54) is 12.5 Å². The Labute approximate surface area is 185 Å². The summed E-state index contributed by atoms with van der Waals surface area (Å²) in [6.07, 6.45) is 4.22. The number of amides is 2. The zero-order chi connectivity index (χ0) is 22.4. The Bertz CT molecular complexity index is 905. The van der Waals surface area contributed by atoms with Gasteiger partial charge in [-0.25, -0.2) is 0 Å². The number of rotatable bonds is 10. The quantitative estimate of drug-likeness (QED) is 0.574. The molecule has 1 atom stereocenters. The van der Waals surface area contributed by atoms with E-state index in [4.69, 9.17) is 4.74 Å². The van der Waals surface area contributed by atoms with Crippen molar-refractivity contribution in [3.63, 3.8) is 0 Å². The molecule has 5 heteroatoms. The molecule has 0 fully saturated rings. The van der Waals surface area contributed by atoms with Crippen molar-refractivity contribution in [1.29, 1.82) is 0 Å².